The van der Waals surface area contributed by atoms with Gasteiger partial charge in [-0.2, -0.15) is 4.98 Å². The predicted octanol–water partition coefficient (Wildman–Crippen LogP) is 3.12. The normalized spacial score (nSPS) is 14.9. The van der Waals surface area contributed by atoms with Crippen molar-refractivity contribution in [1.29, 1.82) is 0 Å². The molecule has 5 rings (SSSR count). The Bertz CT molecular complexity index is 1380. The van der Waals surface area contributed by atoms with E-state index in [-0.39, 0.29) is 12.5 Å². The third-order valence-corrected chi connectivity index (χ3v) is 5.95. The summed E-state index contributed by atoms with van der Waals surface area (Å²) in [7, 11) is -0.450. The Kier molecular flexibility index (Phi) is 6.87. The van der Waals surface area contributed by atoms with E-state index in [1.54, 1.807) is 13.1 Å². The van der Waals surface area contributed by atoms with Gasteiger partial charge < -0.3 is 29.5 Å². The van der Waals surface area contributed by atoms with Crippen molar-refractivity contribution in [3.8, 4) is 11.5 Å². The average Bonchev–Trinajstić information content (AvgIpc) is 3.43. The molecule has 1 aliphatic heterocycles. The fourth-order valence-corrected chi connectivity index (χ4v) is 4.19. The van der Waals surface area contributed by atoms with Crippen LogP contribution in [0.2, 0.25) is 0 Å². The van der Waals surface area contributed by atoms with E-state index in [1.165, 1.54) is 0 Å². The lowest BCUT2D eigenvalue weighted by atomic mass is 9.80. The number of aryl methyl sites for hydroxylation is 1. The van der Waals surface area contributed by atoms with Crippen LogP contribution in [0.15, 0.2) is 53.1 Å². The SMILES string of the molecule is CCOB1OC(C)(C)c2nc(Nc3ncc(-c4nnc(C)o4)c(N[C@H](CO)c4ccccc4)n3)ccc21. The highest BCUT2D eigenvalue weighted by Gasteiger charge is 2.44. The molecule has 3 N–H and O–H groups in total. The number of rotatable bonds is 9. The number of nitrogens with zero attached hydrogens (tertiary/aromatic N) is 5. The van der Waals surface area contributed by atoms with Gasteiger partial charge in [0, 0.05) is 25.2 Å². The van der Waals surface area contributed by atoms with E-state index in [1.807, 2.05) is 63.2 Å². The minimum atomic E-state index is -0.607. The summed E-state index contributed by atoms with van der Waals surface area (Å²) in [4.78, 5) is 13.9. The minimum absolute atomic E-state index is 0.151. The summed E-state index contributed by atoms with van der Waals surface area (Å²) in [5, 5.41) is 24.6. The van der Waals surface area contributed by atoms with E-state index >= 15 is 0 Å². The number of hydrogen-bond acceptors (Lipinski definition) is 11. The monoisotopic (exact) mass is 501 g/mol. The van der Waals surface area contributed by atoms with E-state index in [4.69, 9.17) is 18.7 Å². The van der Waals surface area contributed by atoms with Crippen LogP contribution >= 0.6 is 0 Å². The molecule has 0 saturated carbocycles. The first-order valence-electron chi connectivity index (χ1n) is 12.1. The van der Waals surface area contributed by atoms with Gasteiger partial charge in [-0.25, -0.2) is 9.97 Å². The highest BCUT2D eigenvalue weighted by atomic mass is 16.6. The van der Waals surface area contributed by atoms with E-state index < -0.39 is 18.8 Å². The van der Waals surface area contributed by atoms with Crippen molar-refractivity contribution in [2.24, 2.45) is 0 Å². The molecule has 1 atom stereocenters. The molecule has 0 unspecified atom stereocenters. The Labute approximate surface area is 214 Å². The van der Waals surface area contributed by atoms with Crippen LogP contribution in [-0.2, 0) is 14.9 Å². The summed E-state index contributed by atoms with van der Waals surface area (Å²) in [6, 6.07) is 13.0. The van der Waals surface area contributed by atoms with E-state index in [2.05, 4.69) is 30.8 Å². The second-order valence-corrected chi connectivity index (χ2v) is 9.05. The first-order chi connectivity index (χ1) is 17.9. The number of fused-ring (bicyclic) bond motifs is 1. The van der Waals surface area contributed by atoms with E-state index in [9.17, 15) is 5.11 Å². The number of aromatic nitrogens is 5. The van der Waals surface area contributed by atoms with Gasteiger partial charge in [-0.05, 0) is 32.4 Å². The van der Waals surface area contributed by atoms with Gasteiger partial charge in [0.2, 0.25) is 11.8 Å². The van der Waals surface area contributed by atoms with Gasteiger partial charge >= 0.3 is 7.12 Å². The molecular weight excluding hydrogens is 473 g/mol. The summed E-state index contributed by atoms with van der Waals surface area (Å²) in [5.74, 6) is 1.97. The Morgan fingerprint density at radius 3 is 2.62 bits per heavy atom. The van der Waals surface area contributed by atoms with Crippen LogP contribution in [0.5, 0.6) is 0 Å². The van der Waals surface area contributed by atoms with Crippen molar-refractivity contribution in [3.63, 3.8) is 0 Å². The number of anilines is 3. The van der Waals surface area contributed by atoms with Gasteiger partial charge in [0.1, 0.15) is 11.6 Å². The van der Waals surface area contributed by atoms with E-state index in [0.29, 0.717) is 35.6 Å². The number of hydrogen-bond donors (Lipinski definition) is 3. The number of pyridine rings is 1. The van der Waals surface area contributed by atoms with Crippen LogP contribution in [-0.4, -0.2) is 50.6 Å². The average molecular weight is 501 g/mol. The van der Waals surface area contributed by atoms with Crippen molar-refractivity contribution in [3.05, 3.63) is 65.8 Å². The van der Waals surface area contributed by atoms with Gasteiger partial charge in [-0.1, -0.05) is 36.4 Å². The first kappa shape index (κ1) is 24.8. The topological polar surface area (TPSA) is 140 Å². The number of nitrogens with one attached hydrogen (secondary N) is 2. The predicted molar refractivity (Wildman–Crippen MR) is 139 cm³/mol. The number of benzene rings is 1. The summed E-state index contributed by atoms with van der Waals surface area (Å²) in [6.07, 6.45) is 1.59. The quantitative estimate of drug-likeness (QED) is 0.291. The summed E-state index contributed by atoms with van der Waals surface area (Å²) < 4.78 is 17.4. The number of aliphatic hydroxyl groups is 1. The van der Waals surface area contributed by atoms with Crippen molar-refractivity contribution in [2.75, 3.05) is 23.8 Å². The standard InChI is InChI=1S/C25H28BN7O4/c1-5-35-26-18-11-12-20(29-21(18)25(3,4)37-26)30-24-27-13-17(23-33-32-15(2)36-23)22(31-24)28-19(14-34)16-9-7-6-8-10-16/h6-13,19,34H,5,14H2,1-4H3,(H2,27,28,29,30,31)/t19-/m1/s1. The summed E-state index contributed by atoms with van der Waals surface area (Å²) >= 11 is 0. The van der Waals surface area contributed by atoms with Gasteiger partial charge in [0.25, 0.3) is 5.89 Å². The smallest absolute Gasteiger partial charge is 0.421 e. The van der Waals surface area contributed by atoms with Crippen molar-refractivity contribution in [1.82, 2.24) is 25.1 Å². The van der Waals surface area contributed by atoms with Gasteiger partial charge in [0.05, 0.1) is 29.5 Å². The Balaban J connectivity index is 1.47. The summed E-state index contributed by atoms with van der Waals surface area (Å²) in [6.45, 7) is 7.94. The molecule has 0 fully saturated rings. The lowest BCUT2D eigenvalue weighted by Crippen LogP contribution is -2.32. The van der Waals surface area contributed by atoms with Crippen molar-refractivity contribution < 1.29 is 18.8 Å². The third-order valence-electron chi connectivity index (χ3n) is 5.95. The van der Waals surface area contributed by atoms with Gasteiger partial charge in [-0.15, -0.1) is 10.2 Å². The highest BCUT2D eigenvalue weighted by molar-refractivity contribution is 6.63. The highest BCUT2D eigenvalue weighted by Crippen LogP contribution is 2.32. The fourth-order valence-electron chi connectivity index (χ4n) is 4.19. The molecule has 4 aromatic rings. The van der Waals surface area contributed by atoms with E-state index in [0.717, 1.165) is 16.7 Å². The maximum Gasteiger partial charge on any atom is 0.496 e. The molecule has 1 aromatic carbocycles. The Morgan fingerprint density at radius 1 is 1.11 bits per heavy atom. The molecule has 12 heteroatoms. The van der Waals surface area contributed by atoms with Crippen molar-refractivity contribution >= 4 is 30.2 Å². The molecule has 0 saturated heterocycles. The molecule has 0 bridgehead atoms. The molecule has 1 aliphatic rings. The minimum Gasteiger partial charge on any atom is -0.421 e. The zero-order valence-electron chi connectivity index (χ0n) is 21.1. The largest absolute Gasteiger partial charge is 0.496 e. The van der Waals surface area contributed by atoms with Crippen LogP contribution in [0, 0.1) is 6.92 Å². The molecule has 190 valence electrons. The Hall–Kier alpha value is -3.87. The lowest BCUT2D eigenvalue weighted by Gasteiger charge is -2.20. The molecular formula is C25H28BN7O4. The Morgan fingerprint density at radius 2 is 1.92 bits per heavy atom. The molecule has 3 aromatic heterocycles. The lowest BCUT2D eigenvalue weighted by molar-refractivity contribution is 0.0834. The molecule has 11 nitrogen and oxygen atoms in total. The fraction of sp³-hybridized carbons (Fsp3) is 0.320. The van der Waals surface area contributed by atoms with Crippen LogP contribution in [0.1, 0.15) is 44.0 Å². The van der Waals surface area contributed by atoms with Gasteiger partial charge in [-0.3, -0.25) is 0 Å². The second-order valence-electron chi connectivity index (χ2n) is 9.05. The molecule has 0 aliphatic carbocycles. The van der Waals surface area contributed by atoms with Gasteiger partial charge in [0.15, 0.2) is 0 Å². The maximum absolute atomic E-state index is 10.1. The summed E-state index contributed by atoms with van der Waals surface area (Å²) in [5.41, 5.74) is 2.49. The van der Waals surface area contributed by atoms with Crippen LogP contribution in [0.4, 0.5) is 17.6 Å². The number of aliphatic hydroxyl groups excluding tert-OH is 1. The maximum atomic E-state index is 10.1. The van der Waals surface area contributed by atoms with Crippen LogP contribution in [0.25, 0.3) is 11.5 Å². The van der Waals surface area contributed by atoms with Crippen molar-refractivity contribution in [2.45, 2.75) is 39.3 Å². The molecule has 37 heavy (non-hydrogen) atoms. The van der Waals surface area contributed by atoms with Crippen LogP contribution in [0.3, 0.4) is 0 Å². The zero-order valence-corrected chi connectivity index (χ0v) is 21.1. The third kappa shape index (κ3) is 5.17. The first-order valence-corrected chi connectivity index (χ1v) is 12.1. The van der Waals surface area contributed by atoms with Crippen LogP contribution < -0.4 is 16.1 Å². The second kappa shape index (κ2) is 10.2. The molecule has 0 spiro atoms. The zero-order chi connectivity index (χ0) is 26.0. The molecule has 4 heterocycles. The molecule has 0 radical (unpaired) electrons. The molecule has 0 amide bonds.